The van der Waals surface area contributed by atoms with Crippen molar-refractivity contribution in [2.24, 2.45) is 5.73 Å². The first-order valence-corrected chi connectivity index (χ1v) is 7.57. The third kappa shape index (κ3) is 9.79. The van der Waals surface area contributed by atoms with Gasteiger partial charge in [0, 0.05) is 32.2 Å². The predicted octanol–water partition coefficient (Wildman–Crippen LogP) is 1.31. The second kappa shape index (κ2) is 12.1. The summed E-state index contributed by atoms with van der Waals surface area (Å²) in [6.45, 7) is 10.7. The molecule has 116 valence electrons. The summed E-state index contributed by atoms with van der Waals surface area (Å²) in [6, 6.07) is 0.360. The van der Waals surface area contributed by atoms with Crippen molar-refractivity contribution in [1.82, 2.24) is 15.1 Å². The molecule has 0 aromatic carbocycles. The average molecular weight is 337 g/mol. The van der Waals surface area contributed by atoms with E-state index in [9.17, 15) is 0 Å². The van der Waals surface area contributed by atoms with Crippen LogP contribution in [0.3, 0.4) is 0 Å². The van der Waals surface area contributed by atoms with Crippen LogP contribution >= 0.6 is 17.0 Å². The topological polar surface area (TPSA) is 44.5 Å². The van der Waals surface area contributed by atoms with Gasteiger partial charge in [-0.15, -0.1) is 17.0 Å². The van der Waals surface area contributed by atoms with Gasteiger partial charge in [0.2, 0.25) is 0 Å². The maximum atomic E-state index is 5.78. The van der Waals surface area contributed by atoms with Gasteiger partial charge in [-0.2, -0.15) is 0 Å². The van der Waals surface area contributed by atoms with Gasteiger partial charge in [0.25, 0.3) is 0 Å². The van der Waals surface area contributed by atoms with E-state index in [-0.39, 0.29) is 17.0 Å². The highest BCUT2D eigenvalue weighted by Crippen LogP contribution is 2.05. The van der Waals surface area contributed by atoms with Crippen molar-refractivity contribution in [2.45, 2.75) is 38.6 Å². The molecular weight excluding hydrogens is 304 g/mol. The number of nitrogens with two attached hydrogens (primary N) is 1. The molecule has 0 radical (unpaired) electrons. The third-order valence-electron chi connectivity index (χ3n) is 3.75. The summed E-state index contributed by atoms with van der Waals surface area (Å²) >= 11 is 0. The Kier molecular flexibility index (Phi) is 12.3. The normalized spacial score (nSPS) is 19.1. The molecule has 0 spiro atoms. The lowest BCUT2D eigenvalue weighted by Gasteiger charge is -2.34. The lowest BCUT2D eigenvalue weighted by atomic mass is 10.2. The average Bonchev–Trinajstić information content (AvgIpc) is 2.36. The molecule has 1 rings (SSSR count). The van der Waals surface area contributed by atoms with Crippen LogP contribution in [0.4, 0.5) is 0 Å². The minimum absolute atomic E-state index is 0. The van der Waals surface area contributed by atoms with Crippen LogP contribution in [-0.2, 0) is 0 Å². The van der Waals surface area contributed by atoms with Crippen LogP contribution < -0.4 is 11.1 Å². The molecule has 1 heterocycles. The molecule has 0 aromatic heterocycles. The van der Waals surface area contributed by atoms with Crippen LogP contribution in [0.25, 0.3) is 0 Å². The van der Waals surface area contributed by atoms with E-state index in [0.29, 0.717) is 6.04 Å². The summed E-state index contributed by atoms with van der Waals surface area (Å²) in [4.78, 5) is 5.20. The van der Waals surface area contributed by atoms with Crippen molar-refractivity contribution in [3.8, 4) is 0 Å². The first-order chi connectivity index (χ1) is 8.72. The maximum Gasteiger partial charge on any atom is 0.0110 e. The minimum Gasteiger partial charge on any atom is -0.328 e. The maximum absolute atomic E-state index is 5.78. The van der Waals surface area contributed by atoms with Crippen molar-refractivity contribution in [3.05, 3.63) is 0 Å². The molecule has 4 nitrogen and oxygen atoms in total. The lowest BCUT2D eigenvalue weighted by molar-refractivity contribution is 0.129. The summed E-state index contributed by atoms with van der Waals surface area (Å²) in [5.74, 6) is 0. The number of halogens is 1. The number of unbranched alkanes of at least 4 members (excludes halogenated alkanes) is 1. The Morgan fingerprint density at radius 1 is 1.00 bits per heavy atom. The van der Waals surface area contributed by atoms with Gasteiger partial charge in [0.15, 0.2) is 0 Å². The number of piperazine rings is 1. The molecule has 0 aliphatic carbocycles. The zero-order valence-electron chi connectivity index (χ0n) is 12.7. The lowest BCUT2D eigenvalue weighted by Crippen LogP contribution is -2.46. The van der Waals surface area contributed by atoms with Crippen LogP contribution in [0.5, 0.6) is 0 Å². The van der Waals surface area contributed by atoms with E-state index in [1.54, 1.807) is 0 Å². The molecule has 0 bridgehead atoms. The first-order valence-electron chi connectivity index (χ1n) is 7.57. The summed E-state index contributed by atoms with van der Waals surface area (Å²) in [5, 5.41) is 3.21. The zero-order valence-corrected chi connectivity index (χ0v) is 14.4. The van der Waals surface area contributed by atoms with E-state index in [1.807, 2.05) is 7.05 Å². The smallest absolute Gasteiger partial charge is 0.0110 e. The number of rotatable bonds is 9. The molecule has 1 aliphatic heterocycles. The fourth-order valence-electron chi connectivity index (χ4n) is 2.51. The Balaban J connectivity index is 0.00000324. The predicted molar refractivity (Wildman–Crippen MR) is 89.2 cm³/mol. The summed E-state index contributed by atoms with van der Waals surface area (Å²) in [7, 11) is 2.03. The number of hydrogen-bond acceptors (Lipinski definition) is 4. The van der Waals surface area contributed by atoms with Crippen LogP contribution in [0.2, 0.25) is 0 Å². The Morgan fingerprint density at radius 3 is 2.00 bits per heavy atom. The van der Waals surface area contributed by atoms with Crippen LogP contribution in [-0.4, -0.2) is 68.7 Å². The third-order valence-corrected chi connectivity index (χ3v) is 3.75. The summed E-state index contributed by atoms with van der Waals surface area (Å²) in [5.41, 5.74) is 5.78. The van der Waals surface area contributed by atoms with E-state index in [0.717, 1.165) is 13.0 Å². The van der Waals surface area contributed by atoms with Crippen molar-refractivity contribution >= 4 is 17.0 Å². The van der Waals surface area contributed by atoms with Gasteiger partial charge in [-0.05, 0) is 59.3 Å². The largest absolute Gasteiger partial charge is 0.328 e. The molecule has 5 heteroatoms. The molecule has 1 saturated heterocycles. The molecule has 1 fully saturated rings. The van der Waals surface area contributed by atoms with Crippen molar-refractivity contribution in [2.75, 3.05) is 52.9 Å². The van der Waals surface area contributed by atoms with Crippen molar-refractivity contribution in [1.29, 1.82) is 0 Å². The van der Waals surface area contributed by atoms with Gasteiger partial charge < -0.3 is 20.9 Å². The molecule has 19 heavy (non-hydrogen) atoms. The van der Waals surface area contributed by atoms with E-state index in [2.05, 4.69) is 22.0 Å². The fraction of sp³-hybridized carbons (Fsp3) is 1.00. The number of nitrogens with one attached hydrogen (secondary N) is 1. The van der Waals surface area contributed by atoms with Crippen molar-refractivity contribution < 1.29 is 0 Å². The van der Waals surface area contributed by atoms with E-state index >= 15 is 0 Å². The fourth-order valence-corrected chi connectivity index (χ4v) is 2.51. The van der Waals surface area contributed by atoms with Gasteiger partial charge in [-0.1, -0.05) is 0 Å². The molecule has 0 amide bonds. The van der Waals surface area contributed by atoms with Gasteiger partial charge in [0.05, 0.1) is 0 Å². The van der Waals surface area contributed by atoms with E-state index < -0.39 is 0 Å². The molecule has 0 aromatic rings. The summed E-state index contributed by atoms with van der Waals surface area (Å²) < 4.78 is 0. The zero-order chi connectivity index (χ0) is 13.2. The second-order valence-corrected chi connectivity index (χ2v) is 5.61. The number of nitrogens with zero attached hydrogens (tertiary/aromatic N) is 2. The Labute approximate surface area is 129 Å². The standard InChI is InChI=1S/C14H32N4.BrH/c1-14(15)6-5-9-18-12-10-17(11-13-18)8-4-3-7-16-2;/h14,16H,3-13,15H2,1-2H3;1H. The molecular formula is C14H33BrN4. The minimum atomic E-state index is 0. The van der Waals surface area contributed by atoms with Gasteiger partial charge in [-0.3, -0.25) is 0 Å². The van der Waals surface area contributed by atoms with Gasteiger partial charge in [-0.25, -0.2) is 0 Å². The van der Waals surface area contributed by atoms with E-state index in [1.165, 1.54) is 58.5 Å². The monoisotopic (exact) mass is 336 g/mol. The SMILES string of the molecule is Br.CNCCCCN1CCN(CCCC(C)N)CC1. The Morgan fingerprint density at radius 2 is 1.53 bits per heavy atom. The Bertz CT molecular complexity index is 194. The molecule has 1 unspecified atom stereocenters. The van der Waals surface area contributed by atoms with Gasteiger partial charge in [0.1, 0.15) is 0 Å². The van der Waals surface area contributed by atoms with Gasteiger partial charge >= 0.3 is 0 Å². The first kappa shape index (κ1) is 19.3. The quantitative estimate of drug-likeness (QED) is 0.623. The molecule has 1 aliphatic rings. The highest BCUT2D eigenvalue weighted by molar-refractivity contribution is 8.93. The van der Waals surface area contributed by atoms with Crippen molar-refractivity contribution in [3.63, 3.8) is 0 Å². The summed E-state index contributed by atoms with van der Waals surface area (Å²) in [6.07, 6.45) is 5.03. The number of hydrogen-bond donors (Lipinski definition) is 2. The molecule has 0 saturated carbocycles. The van der Waals surface area contributed by atoms with Crippen LogP contribution in [0.1, 0.15) is 32.6 Å². The molecule has 3 N–H and O–H groups in total. The second-order valence-electron chi connectivity index (χ2n) is 5.61. The Hall–Kier alpha value is 0.320. The highest BCUT2D eigenvalue weighted by Gasteiger charge is 2.15. The molecule has 1 atom stereocenters. The van der Waals surface area contributed by atoms with Crippen LogP contribution in [0, 0.1) is 0 Å². The highest BCUT2D eigenvalue weighted by atomic mass is 79.9. The van der Waals surface area contributed by atoms with E-state index in [4.69, 9.17) is 5.73 Å². The van der Waals surface area contributed by atoms with Crippen LogP contribution in [0.15, 0.2) is 0 Å².